The lowest BCUT2D eigenvalue weighted by atomic mass is 9.95. The average molecular weight is 518 g/mol. The maximum absolute atomic E-state index is 12.9. The smallest absolute Gasteiger partial charge is 0.341 e. The van der Waals surface area contributed by atoms with E-state index in [-0.39, 0.29) is 6.61 Å². The van der Waals surface area contributed by atoms with Crippen LogP contribution in [0.3, 0.4) is 0 Å². The highest BCUT2D eigenvalue weighted by Gasteiger charge is 2.29. The highest BCUT2D eigenvalue weighted by molar-refractivity contribution is 7.17. The standard InChI is InChI=1S/C28H27N3O5S/c1-3-35-28(34)23-19-11-7-8-12-22(19)37-26(23)31-25(32)16(2)36-27(33)18-13-14-20-21(15-18)30-24(29-20)17-9-5-4-6-10-17/h4-6,9-10,13-16H,3,7-8,11-12H2,1-2H3,(H,29,30)(H,31,32). The van der Waals surface area contributed by atoms with Crippen LogP contribution >= 0.6 is 11.3 Å². The maximum Gasteiger partial charge on any atom is 0.341 e. The molecular weight excluding hydrogens is 490 g/mol. The Hall–Kier alpha value is -3.98. The molecule has 1 aliphatic rings. The van der Waals surface area contributed by atoms with Crippen molar-refractivity contribution in [3.05, 3.63) is 70.1 Å². The van der Waals surface area contributed by atoms with Crippen molar-refractivity contribution in [2.75, 3.05) is 11.9 Å². The van der Waals surface area contributed by atoms with Crippen LogP contribution in [0.25, 0.3) is 22.4 Å². The number of nitrogens with one attached hydrogen (secondary N) is 2. The van der Waals surface area contributed by atoms with Crippen molar-refractivity contribution in [3.8, 4) is 11.4 Å². The van der Waals surface area contributed by atoms with Crippen molar-refractivity contribution in [3.63, 3.8) is 0 Å². The third kappa shape index (κ3) is 5.13. The van der Waals surface area contributed by atoms with Crippen molar-refractivity contribution < 1.29 is 23.9 Å². The van der Waals surface area contributed by atoms with Gasteiger partial charge in [-0.1, -0.05) is 30.3 Å². The molecule has 0 spiro atoms. The summed E-state index contributed by atoms with van der Waals surface area (Å²) < 4.78 is 10.7. The molecule has 1 aliphatic carbocycles. The molecule has 1 atom stereocenters. The number of benzene rings is 2. The minimum Gasteiger partial charge on any atom is -0.462 e. The van der Waals surface area contributed by atoms with Crippen molar-refractivity contribution in [1.29, 1.82) is 0 Å². The number of imidazole rings is 1. The number of ether oxygens (including phenoxy) is 2. The number of rotatable bonds is 7. The van der Waals surface area contributed by atoms with E-state index in [1.165, 1.54) is 18.3 Å². The van der Waals surface area contributed by atoms with E-state index in [2.05, 4.69) is 15.3 Å². The fraction of sp³-hybridized carbons (Fsp3) is 0.286. The first kappa shape index (κ1) is 24.7. The summed E-state index contributed by atoms with van der Waals surface area (Å²) in [5, 5.41) is 3.25. The lowest BCUT2D eigenvalue weighted by Gasteiger charge is -2.14. The maximum atomic E-state index is 12.9. The zero-order valence-corrected chi connectivity index (χ0v) is 21.4. The van der Waals surface area contributed by atoms with Crippen LogP contribution in [0.2, 0.25) is 0 Å². The van der Waals surface area contributed by atoms with E-state index >= 15 is 0 Å². The Morgan fingerprint density at radius 1 is 1.08 bits per heavy atom. The van der Waals surface area contributed by atoms with Crippen molar-refractivity contribution in [2.24, 2.45) is 0 Å². The molecule has 9 heteroatoms. The quantitative estimate of drug-likeness (QED) is 0.312. The van der Waals surface area contributed by atoms with Gasteiger partial charge >= 0.3 is 11.9 Å². The van der Waals surface area contributed by atoms with Gasteiger partial charge < -0.3 is 19.8 Å². The summed E-state index contributed by atoms with van der Waals surface area (Å²) >= 11 is 1.39. The van der Waals surface area contributed by atoms with Crippen LogP contribution in [0.4, 0.5) is 5.00 Å². The molecule has 37 heavy (non-hydrogen) atoms. The lowest BCUT2D eigenvalue weighted by Crippen LogP contribution is -2.30. The molecule has 1 unspecified atom stereocenters. The molecule has 0 fully saturated rings. The number of aryl methyl sites for hydroxylation is 1. The Morgan fingerprint density at radius 3 is 2.65 bits per heavy atom. The van der Waals surface area contributed by atoms with E-state index in [1.54, 1.807) is 25.1 Å². The largest absolute Gasteiger partial charge is 0.462 e. The van der Waals surface area contributed by atoms with Gasteiger partial charge in [-0.15, -0.1) is 11.3 Å². The molecular formula is C28H27N3O5S. The van der Waals surface area contributed by atoms with E-state index in [9.17, 15) is 14.4 Å². The fourth-order valence-corrected chi connectivity index (χ4v) is 5.72. The summed E-state index contributed by atoms with van der Waals surface area (Å²) in [6.07, 6.45) is 2.62. The van der Waals surface area contributed by atoms with Gasteiger partial charge in [-0.25, -0.2) is 14.6 Å². The Kier molecular flexibility index (Phi) is 7.05. The molecule has 5 rings (SSSR count). The number of aromatic amines is 1. The number of amides is 1. The van der Waals surface area contributed by atoms with Gasteiger partial charge in [0.05, 0.1) is 28.8 Å². The number of carbonyl (C=O) groups is 3. The van der Waals surface area contributed by atoms with Crippen LogP contribution in [0.5, 0.6) is 0 Å². The highest BCUT2D eigenvalue weighted by atomic mass is 32.1. The molecule has 0 bridgehead atoms. The summed E-state index contributed by atoms with van der Waals surface area (Å²) in [6.45, 7) is 3.50. The highest BCUT2D eigenvalue weighted by Crippen LogP contribution is 2.38. The predicted octanol–water partition coefficient (Wildman–Crippen LogP) is 5.53. The molecule has 0 radical (unpaired) electrons. The normalized spacial score (nSPS) is 13.6. The van der Waals surface area contributed by atoms with E-state index < -0.39 is 23.9 Å². The molecule has 2 heterocycles. The Balaban J connectivity index is 1.30. The molecule has 2 aromatic carbocycles. The second-order valence-corrected chi connectivity index (χ2v) is 9.96. The average Bonchev–Trinajstić information content (AvgIpc) is 3.50. The first-order chi connectivity index (χ1) is 17.9. The molecule has 1 amide bonds. The van der Waals surface area contributed by atoms with E-state index in [0.717, 1.165) is 41.7 Å². The van der Waals surface area contributed by atoms with Gasteiger partial charge in [-0.3, -0.25) is 4.79 Å². The number of aromatic nitrogens is 2. The minimum absolute atomic E-state index is 0.248. The Bertz CT molecular complexity index is 1470. The fourth-order valence-electron chi connectivity index (χ4n) is 4.44. The topological polar surface area (TPSA) is 110 Å². The van der Waals surface area contributed by atoms with Gasteiger partial charge in [0.15, 0.2) is 6.10 Å². The van der Waals surface area contributed by atoms with Gasteiger partial charge in [0.1, 0.15) is 10.8 Å². The number of fused-ring (bicyclic) bond motifs is 2. The van der Waals surface area contributed by atoms with Crippen molar-refractivity contribution in [1.82, 2.24) is 9.97 Å². The second-order valence-electron chi connectivity index (χ2n) is 8.86. The first-order valence-corrected chi connectivity index (χ1v) is 13.1. The van der Waals surface area contributed by atoms with Crippen LogP contribution in [-0.4, -0.2) is 40.5 Å². The van der Waals surface area contributed by atoms with Crippen LogP contribution in [-0.2, 0) is 27.1 Å². The monoisotopic (exact) mass is 517 g/mol. The molecule has 2 aromatic heterocycles. The molecule has 190 valence electrons. The molecule has 2 N–H and O–H groups in total. The lowest BCUT2D eigenvalue weighted by molar-refractivity contribution is -0.123. The zero-order chi connectivity index (χ0) is 25.9. The number of H-pyrrole nitrogens is 1. The Labute approximate surface area is 218 Å². The number of nitrogens with zero attached hydrogens (tertiary/aromatic N) is 1. The van der Waals surface area contributed by atoms with Gasteiger partial charge in [0.25, 0.3) is 5.91 Å². The summed E-state index contributed by atoms with van der Waals surface area (Å²) in [6, 6.07) is 14.7. The van der Waals surface area contributed by atoms with E-state index in [4.69, 9.17) is 9.47 Å². The van der Waals surface area contributed by atoms with Crippen LogP contribution in [0.15, 0.2) is 48.5 Å². The summed E-state index contributed by atoms with van der Waals surface area (Å²) in [4.78, 5) is 47.3. The summed E-state index contributed by atoms with van der Waals surface area (Å²) in [5.41, 5.74) is 4.02. The third-order valence-electron chi connectivity index (χ3n) is 6.31. The summed E-state index contributed by atoms with van der Waals surface area (Å²) in [5.74, 6) is -0.877. The van der Waals surface area contributed by atoms with E-state index in [1.807, 2.05) is 30.3 Å². The van der Waals surface area contributed by atoms with Gasteiger partial charge in [0, 0.05) is 10.4 Å². The number of esters is 2. The predicted molar refractivity (Wildman–Crippen MR) is 142 cm³/mol. The first-order valence-electron chi connectivity index (χ1n) is 12.3. The van der Waals surface area contributed by atoms with Crippen molar-refractivity contribution >= 4 is 45.2 Å². The summed E-state index contributed by atoms with van der Waals surface area (Å²) in [7, 11) is 0. The molecule has 8 nitrogen and oxygen atoms in total. The number of carbonyl (C=O) groups excluding carboxylic acids is 3. The SMILES string of the molecule is CCOC(=O)c1c(NC(=O)C(C)OC(=O)c2ccc3nc(-c4ccccc4)[nH]c3c2)sc2c1CCCC2. The van der Waals surface area contributed by atoms with Gasteiger partial charge in [-0.05, 0) is 63.3 Å². The number of hydrogen-bond acceptors (Lipinski definition) is 7. The van der Waals surface area contributed by atoms with E-state index in [0.29, 0.717) is 33.0 Å². The molecule has 0 saturated carbocycles. The zero-order valence-electron chi connectivity index (χ0n) is 20.6. The molecule has 0 aliphatic heterocycles. The van der Waals surface area contributed by atoms with Crippen LogP contribution in [0.1, 0.15) is 57.8 Å². The van der Waals surface area contributed by atoms with Crippen LogP contribution in [0, 0.1) is 0 Å². The third-order valence-corrected chi connectivity index (χ3v) is 7.51. The minimum atomic E-state index is -1.07. The van der Waals surface area contributed by atoms with Crippen LogP contribution < -0.4 is 5.32 Å². The number of hydrogen-bond donors (Lipinski definition) is 2. The van der Waals surface area contributed by atoms with Gasteiger partial charge in [0.2, 0.25) is 0 Å². The molecule has 4 aromatic rings. The molecule has 0 saturated heterocycles. The van der Waals surface area contributed by atoms with Gasteiger partial charge in [-0.2, -0.15) is 0 Å². The second kappa shape index (κ2) is 10.6. The van der Waals surface area contributed by atoms with Crippen molar-refractivity contribution in [2.45, 2.75) is 45.6 Å². The number of anilines is 1. The number of thiophene rings is 1. The Morgan fingerprint density at radius 2 is 1.86 bits per heavy atom.